The number of nitrogen functional groups attached to an aromatic ring is 2. The van der Waals surface area contributed by atoms with Crippen LogP contribution in [0.2, 0.25) is 0 Å². The number of rotatable bonds is 1. The summed E-state index contributed by atoms with van der Waals surface area (Å²) in [6, 6.07) is 7.79. The maximum Gasteiger partial charge on any atom is 0.0844 e. The molecule has 0 bridgehead atoms. The zero-order chi connectivity index (χ0) is 9.47. The molecule has 66 valence electrons. The highest BCUT2D eigenvalue weighted by atomic mass is 14.7. The summed E-state index contributed by atoms with van der Waals surface area (Å²) in [5.74, 6) is 0. The van der Waals surface area contributed by atoms with Gasteiger partial charge in [0.15, 0.2) is 0 Å². The van der Waals surface area contributed by atoms with E-state index < -0.39 is 0 Å². The lowest BCUT2D eigenvalue weighted by molar-refractivity contribution is 0.913. The molecule has 1 aliphatic carbocycles. The molecule has 0 aromatic heterocycles. The highest BCUT2D eigenvalue weighted by Gasteiger charge is 2.46. The van der Waals surface area contributed by atoms with Gasteiger partial charge in [0.25, 0.3) is 0 Å². The zero-order valence-electron chi connectivity index (χ0n) is 7.25. The van der Waals surface area contributed by atoms with Crippen molar-refractivity contribution in [3.05, 3.63) is 23.8 Å². The Hall–Kier alpha value is -1.69. The zero-order valence-corrected chi connectivity index (χ0v) is 7.25. The maximum atomic E-state index is 8.98. The number of hydrogen-bond donors (Lipinski definition) is 2. The van der Waals surface area contributed by atoms with Gasteiger partial charge in [-0.05, 0) is 24.5 Å². The molecule has 4 N–H and O–H groups in total. The van der Waals surface area contributed by atoms with Crippen molar-refractivity contribution in [2.45, 2.75) is 18.3 Å². The molecule has 0 saturated heterocycles. The van der Waals surface area contributed by atoms with Crippen molar-refractivity contribution in [3.8, 4) is 6.07 Å². The van der Waals surface area contributed by atoms with Gasteiger partial charge in [0.1, 0.15) is 0 Å². The molecular weight excluding hydrogens is 162 g/mol. The van der Waals surface area contributed by atoms with Crippen LogP contribution in [0.3, 0.4) is 0 Å². The topological polar surface area (TPSA) is 75.8 Å². The molecule has 2 rings (SSSR count). The Kier molecular flexibility index (Phi) is 1.46. The average Bonchev–Trinajstić information content (AvgIpc) is 2.90. The Balaban J connectivity index is 2.54. The molecule has 0 unspecified atom stereocenters. The Bertz CT molecular complexity index is 386. The van der Waals surface area contributed by atoms with E-state index >= 15 is 0 Å². The molecule has 0 atom stereocenters. The highest BCUT2D eigenvalue weighted by molar-refractivity contribution is 5.71. The van der Waals surface area contributed by atoms with Crippen LogP contribution in [-0.4, -0.2) is 0 Å². The Morgan fingerprint density at radius 3 is 2.54 bits per heavy atom. The van der Waals surface area contributed by atoms with Crippen LogP contribution in [0.4, 0.5) is 11.4 Å². The molecular formula is C10H11N3. The van der Waals surface area contributed by atoms with E-state index in [4.69, 9.17) is 16.7 Å². The second-order valence-electron chi connectivity index (χ2n) is 3.50. The van der Waals surface area contributed by atoms with E-state index in [1.807, 2.05) is 12.1 Å². The molecule has 0 radical (unpaired) electrons. The Morgan fingerprint density at radius 1 is 1.31 bits per heavy atom. The summed E-state index contributed by atoms with van der Waals surface area (Å²) in [7, 11) is 0. The predicted octanol–water partition coefficient (Wildman–Crippen LogP) is 1.41. The number of nitriles is 1. The van der Waals surface area contributed by atoms with Crippen molar-refractivity contribution in [1.82, 2.24) is 0 Å². The number of para-hydroxylation sites is 1. The lowest BCUT2D eigenvalue weighted by Gasteiger charge is -2.11. The quantitative estimate of drug-likeness (QED) is 0.630. The molecule has 3 nitrogen and oxygen atoms in total. The number of anilines is 2. The second kappa shape index (κ2) is 2.40. The van der Waals surface area contributed by atoms with Crippen LogP contribution in [-0.2, 0) is 5.41 Å². The molecule has 1 saturated carbocycles. The molecule has 1 aromatic rings. The van der Waals surface area contributed by atoms with Gasteiger partial charge in [0.05, 0.1) is 22.9 Å². The number of nitrogens with zero attached hydrogens (tertiary/aromatic N) is 1. The fraction of sp³-hybridized carbons (Fsp3) is 0.300. The van der Waals surface area contributed by atoms with Crippen LogP contribution in [0.15, 0.2) is 18.2 Å². The predicted molar refractivity (Wildman–Crippen MR) is 51.8 cm³/mol. The third-order valence-corrected chi connectivity index (χ3v) is 2.62. The molecule has 0 heterocycles. The molecule has 0 spiro atoms. The minimum absolute atomic E-state index is 0.334. The standard InChI is InChI=1S/C10H11N3/c11-6-10(4-5-10)7-2-1-3-8(12)9(7)13/h1-3H,4-5,12-13H2. The van der Waals surface area contributed by atoms with Gasteiger partial charge >= 0.3 is 0 Å². The van der Waals surface area contributed by atoms with Crippen molar-refractivity contribution >= 4 is 11.4 Å². The summed E-state index contributed by atoms with van der Waals surface area (Å²) in [5.41, 5.74) is 13.2. The van der Waals surface area contributed by atoms with Gasteiger partial charge in [-0.3, -0.25) is 0 Å². The van der Waals surface area contributed by atoms with Gasteiger partial charge in [0, 0.05) is 0 Å². The summed E-state index contributed by atoms with van der Waals surface area (Å²) in [6.07, 6.45) is 1.80. The van der Waals surface area contributed by atoms with Gasteiger partial charge < -0.3 is 11.5 Å². The SMILES string of the molecule is N#CC1(c2cccc(N)c2N)CC1. The molecule has 3 heteroatoms. The summed E-state index contributed by atoms with van der Waals surface area (Å²) >= 11 is 0. The van der Waals surface area contributed by atoms with Crippen molar-refractivity contribution in [2.24, 2.45) is 0 Å². The van der Waals surface area contributed by atoms with Crippen molar-refractivity contribution < 1.29 is 0 Å². The van der Waals surface area contributed by atoms with E-state index in [2.05, 4.69) is 6.07 Å². The number of hydrogen-bond acceptors (Lipinski definition) is 3. The molecule has 1 fully saturated rings. The molecule has 1 aliphatic rings. The highest BCUT2D eigenvalue weighted by Crippen LogP contribution is 2.50. The third kappa shape index (κ3) is 1.03. The minimum Gasteiger partial charge on any atom is -0.397 e. The largest absolute Gasteiger partial charge is 0.397 e. The smallest absolute Gasteiger partial charge is 0.0844 e. The lowest BCUT2D eigenvalue weighted by Crippen LogP contribution is -2.08. The first-order chi connectivity index (χ1) is 6.19. The monoisotopic (exact) mass is 173 g/mol. The van der Waals surface area contributed by atoms with E-state index in [9.17, 15) is 0 Å². The van der Waals surface area contributed by atoms with Crippen LogP contribution in [0, 0.1) is 11.3 Å². The number of nitrogens with two attached hydrogens (primary N) is 2. The maximum absolute atomic E-state index is 8.98. The van der Waals surface area contributed by atoms with Gasteiger partial charge in [-0.2, -0.15) is 5.26 Å². The van der Waals surface area contributed by atoms with Gasteiger partial charge in [-0.1, -0.05) is 12.1 Å². The van der Waals surface area contributed by atoms with Gasteiger partial charge in [0.2, 0.25) is 0 Å². The Morgan fingerprint density at radius 2 is 2.00 bits per heavy atom. The minimum atomic E-state index is -0.334. The molecule has 0 amide bonds. The first-order valence-electron chi connectivity index (χ1n) is 4.25. The molecule has 0 aliphatic heterocycles. The van der Waals surface area contributed by atoms with Crippen LogP contribution in [0.25, 0.3) is 0 Å². The fourth-order valence-electron chi connectivity index (χ4n) is 1.57. The van der Waals surface area contributed by atoms with Crippen molar-refractivity contribution in [2.75, 3.05) is 11.5 Å². The number of benzene rings is 1. The van der Waals surface area contributed by atoms with E-state index in [0.717, 1.165) is 18.4 Å². The van der Waals surface area contributed by atoms with E-state index in [-0.39, 0.29) is 5.41 Å². The van der Waals surface area contributed by atoms with E-state index in [1.165, 1.54) is 0 Å². The summed E-state index contributed by atoms with van der Waals surface area (Å²) in [5, 5.41) is 8.98. The summed E-state index contributed by atoms with van der Waals surface area (Å²) in [4.78, 5) is 0. The van der Waals surface area contributed by atoms with Crippen LogP contribution < -0.4 is 11.5 Å². The van der Waals surface area contributed by atoms with E-state index in [1.54, 1.807) is 6.07 Å². The normalized spacial score (nSPS) is 17.8. The average molecular weight is 173 g/mol. The van der Waals surface area contributed by atoms with E-state index in [0.29, 0.717) is 11.4 Å². The molecule has 1 aromatic carbocycles. The first-order valence-corrected chi connectivity index (χ1v) is 4.25. The summed E-state index contributed by atoms with van der Waals surface area (Å²) < 4.78 is 0. The third-order valence-electron chi connectivity index (χ3n) is 2.62. The van der Waals surface area contributed by atoms with Crippen LogP contribution in [0.5, 0.6) is 0 Å². The Labute approximate surface area is 77.0 Å². The second-order valence-corrected chi connectivity index (χ2v) is 3.50. The van der Waals surface area contributed by atoms with Crippen LogP contribution in [0.1, 0.15) is 18.4 Å². The van der Waals surface area contributed by atoms with Gasteiger partial charge in [-0.15, -0.1) is 0 Å². The van der Waals surface area contributed by atoms with Crippen molar-refractivity contribution in [3.63, 3.8) is 0 Å². The van der Waals surface area contributed by atoms with Gasteiger partial charge in [-0.25, -0.2) is 0 Å². The molecule has 13 heavy (non-hydrogen) atoms. The lowest BCUT2D eigenvalue weighted by atomic mass is 9.95. The first kappa shape index (κ1) is 7.93. The van der Waals surface area contributed by atoms with Crippen molar-refractivity contribution in [1.29, 1.82) is 5.26 Å². The van der Waals surface area contributed by atoms with Crippen LogP contribution >= 0.6 is 0 Å². The fourth-order valence-corrected chi connectivity index (χ4v) is 1.57. The summed E-state index contributed by atoms with van der Waals surface area (Å²) in [6.45, 7) is 0.